The minimum absolute atomic E-state index is 0.0335. The first-order chi connectivity index (χ1) is 39.8. The summed E-state index contributed by atoms with van der Waals surface area (Å²) in [7, 11) is 0. The smallest absolute Gasteiger partial charge is 0.326 e. The van der Waals surface area contributed by atoms with E-state index in [4.69, 9.17) is 39.5 Å². The number of phenols is 1. The van der Waals surface area contributed by atoms with Crippen molar-refractivity contribution in [3.8, 4) is 5.75 Å². The molecule has 26 N–H and O–H groups in total. The Hall–Kier alpha value is -7.94. The van der Waals surface area contributed by atoms with Gasteiger partial charge in [0.1, 0.15) is 60.1 Å². The number of guanidine groups is 2. The normalized spacial score (nSPS) is 15.7. The zero-order chi connectivity index (χ0) is 62.9. The van der Waals surface area contributed by atoms with Crippen molar-refractivity contribution in [2.75, 3.05) is 52.5 Å². The third kappa shape index (κ3) is 27.0. The molecule has 32 nitrogen and oxygen atoms in total. The molecule has 2 rings (SSSR count). The number of aliphatic hydroxyl groups excluding tert-OH is 2. The average Bonchev–Trinajstić information content (AvgIpc) is 4.16. The van der Waals surface area contributed by atoms with Crippen LogP contribution in [0, 0.1) is 16.7 Å². The molecule has 1 aromatic carbocycles. The maximum absolute atomic E-state index is 14.5. The Labute approximate surface area is 487 Å². The monoisotopic (exact) mass is 1190 g/mol. The molecule has 9 atom stereocenters. The molecular weight excluding hydrogens is 1100 g/mol. The second-order valence-corrected chi connectivity index (χ2v) is 20.7. The van der Waals surface area contributed by atoms with Crippen molar-refractivity contribution < 1.29 is 68.4 Å². The van der Waals surface area contributed by atoms with E-state index in [1.165, 1.54) is 29.2 Å². The number of unbranched alkanes of at least 4 members (excludes halogenated alkanes) is 2. The van der Waals surface area contributed by atoms with Gasteiger partial charge in [-0.05, 0) is 120 Å². The molecule has 0 spiro atoms. The lowest BCUT2D eigenvalue weighted by atomic mass is 10.0. The van der Waals surface area contributed by atoms with Gasteiger partial charge in [-0.1, -0.05) is 26.0 Å². The second kappa shape index (κ2) is 38.8. The van der Waals surface area contributed by atoms with E-state index < -0.39 is 133 Å². The quantitative estimate of drug-likeness (QED) is 0.0165. The third-order valence-electron chi connectivity index (χ3n) is 13.3. The van der Waals surface area contributed by atoms with Crippen LogP contribution >= 0.6 is 0 Å². The zero-order valence-corrected chi connectivity index (χ0v) is 47.8. The number of amides is 9. The van der Waals surface area contributed by atoms with Crippen molar-refractivity contribution in [2.45, 2.75) is 158 Å². The number of aliphatic carboxylic acids is 1. The standard InChI is InChI=1S/C52H90N18O14/c1-29(2)24-38(50(83)84)68-45(78)34(10-3-5-19-53)65-47(80)39(28-72)69-43(76)33(12-7-21-60-51(56)57)63-41(74)26-62-48(81)40-14-9-23-70(40)49(82)36(11-4-6-20-54)66-46(79)37(25-30-15-17-31(73)18-16-30)67-44(77)35(13-8-22-61-52(58)59)64-42(75)32(55)27-71/h15-18,29,32-40,71-73H,3-14,19-28,53-55H2,1-2H3,(H,62,81)(H,63,74)(H,64,75)(H,65,80)(H,66,79)(H,67,77)(H,68,78)(H,69,76)(H,83,84)(H4,56,57,60)(H4,58,59,61)/t32-,33-,34-,35-,36-,37-,38-,39-,40-/m0/s1. The fraction of sp³-hybridized carbons (Fsp3) is 0.654. The summed E-state index contributed by atoms with van der Waals surface area (Å²) in [5.74, 6) is -9.85. The van der Waals surface area contributed by atoms with Gasteiger partial charge in [0.25, 0.3) is 0 Å². The summed E-state index contributed by atoms with van der Waals surface area (Å²) in [4.78, 5) is 137. The van der Waals surface area contributed by atoms with Crippen LogP contribution in [-0.2, 0) is 54.4 Å². The Bertz CT molecular complexity index is 2350. The molecule has 1 heterocycles. The lowest BCUT2D eigenvalue weighted by molar-refractivity contribution is -0.143. The van der Waals surface area contributed by atoms with Crippen LogP contribution in [0.15, 0.2) is 24.3 Å². The number of benzene rings is 1. The Balaban J connectivity index is 2.34. The number of nitrogens with two attached hydrogens (primary N) is 5. The molecular formula is C52H90N18O14. The molecule has 0 saturated carbocycles. The van der Waals surface area contributed by atoms with E-state index in [1.807, 2.05) is 0 Å². The van der Waals surface area contributed by atoms with Crippen LogP contribution in [0.5, 0.6) is 5.75 Å². The number of hydrogen-bond acceptors (Lipinski definition) is 18. The summed E-state index contributed by atoms with van der Waals surface area (Å²) in [6, 6.07) is -6.46. The highest BCUT2D eigenvalue weighted by molar-refractivity contribution is 5.98. The number of carbonyl (C=O) groups excluding carboxylic acids is 9. The Morgan fingerprint density at radius 2 is 1.05 bits per heavy atom. The molecule has 1 aromatic rings. The van der Waals surface area contributed by atoms with Crippen molar-refractivity contribution in [3.05, 3.63) is 29.8 Å². The number of rotatable bonds is 40. The average molecular weight is 1190 g/mol. The van der Waals surface area contributed by atoms with Crippen LogP contribution < -0.4 is 81.8 Å². The molecule has 1 fully saturated rings. The van der Waals surface area contributed by atoms with E-state index in [9.17, 15) is 68.4 Å². The van der Waals surface area contributed by atoms with Crippen molar-refractivity contribution >= 4 is 71.1 Å². The summed E-state index contributed by atoms with van der Waals surface area (Å²) < 4.78 is 0. The third-order valence-corrected chi connectivity index (χ3v) is 13.3. The fourth-order valence-corrected chi connectivity index (χ4v) is 8.83. The summed E-state index contributed by atoms with van der Waals surface area (Å²) >= 11 is 0. The minimum atomic E-state index is -1.68. The number of phenolic OH excluding ortho intramolecular Hbond substituents is 1. The number of carbonyl (C=O) groups is 10. The number of hydrogen-bond donors (Lipinski definition) is 21. The first kappa shape index (κ1) is 72.2. The van der Waals surface area contributed by atoms with E-state index >= 15 is 0 Å². The fourth-order valence-electron chi connectivity index (χ4n) is 8.83. The van der Waals surface area contributed by atoms with Gasteiger partial charge < -0.3 is 107 Å². The molecule has 9 amide bonds. The first-order valence-corrected chi connectivity index (χ1v) is 28.1. The predicted octanol–water partition coefficient (Wildman–Crippen LogP) is -6.34. The number of nitrogens with zero attached hydrogens (tertiary/aromatic N) is 1. The van der Waals surface area contributed by atoms with Crippen LogP contribution in [0.2, 0.25) is 0 Å². The van der Waals surface area contributed by atoms with Crippen molar-refractivity contribution in [1.82, 2.24) is 58.1 Å². The van der Waals surface area contributed by atoms with Gasteiger partial charge in [0, 0.05) is 26.1 Å². The van der Waals surface area contributed by atoms with E-state index in [2.05, 4.69) is 53.2 Å². The largest absolute Gasteiger partial charge is 0.508 e. The molecule has 32 heteroatoms. The van der Waals surface area contributed by atoms with Crippen molar-refractivity contribution in [2.24, 2.45) is 34.6 Å². The summed E-state index contributed by atoms with van der Waals surface area (Å²) in [5, 5.41) is 79.6. The Kier molecular flexibility index (Phi) is 33.3. The highest BCUT2D eigenvalue weighted by Crippen LogP contribution is 2.21. The molecule has 1 saturated heterocycles. The first-order valence-electron chi connectivity index (χ1n) is 28.1. The number of carboxylic acids is 1. The minimum Gasteiger partial charge on any atom is -0.508 e. The molecule has 84 heavy (non-hydrogen) atoms. The van der Waals surface area contributed by atoms with Crippen LogP contribution in [0.25, 0.3) is 0 Å². The molecule has 1 aliphatic heterocycles. The van der Waals surface area contributed by atoms with E-state index in [1.54, 1.807) is 13.8 Å². The van der Waals surface area contributed by atoms with Gasteiger partial charge in [0.15, 0.2) is 11.9 Å². The Morgan fingerprint density at radius 3 is 1.55 bits per heavy atom. The number of aliphatic hydroxyl groups is 2. The second-order valence-electron chi connectivity index (χ2n) is 20.7. The van der Waals surface area contributed by atoms with E-state index in [0.717, 1.165) is 0 Å². The van der Waals surface area contributed by atoms with E-state index in [-0.39, 0.29) is 114 Å². The van der Waals surface area contributed by atoms with Crippen molar-refractivity contribution in [3.63, 3.8) is 0 Å². The molecule has 0 bridgehead atoms. The number of aromatic hydroxyl groups is 1. The predicted molar refractivity (Wildman–Crippen MR) is 306 cm³/mol. The lowest BCUT2D eigenvalue weighted by Crippen LogP contribution is -2.59. The molecule has 472 valence electrons. The van der Waals surface area contributed by atoms with Gasteiger partial charge >= 0.3 is 5.97 Å². The van der Waals surface area contributed by atoms with Crippen LogP contribution in [0.4, 0.5) is 0 Å². The Morgan fingerprint density at radius 1 is 0.595 bits per heavy atom. The van der Waals surface area contributed by atoms with Crippen LogP contribution in [0.1, 0.15) is 103 Å². The van der Waals surface area contributed by atoms with Crippen molar-refractivity contribution in [1.29, 1.82) is 10.8 Å². The summed E-state index contributed by atoms with van der Waals surface area (Å²) in [6.07, 6.45) is 2.21. The van der Waals surface area contributed by atoms with Gasteiger partial charge in [-0.25, -0.2) is 4.79 Å². The lowest BCUT2D eigenvalue weighted by Gasteiger charge is -2.30. The van der Waals surface area contributed by atoms with Crippen LogP contribution in [0.3, 0.4) is 0 Å². The number of carboxylic acid groups (broad SMARTS) is 1. The maximum atomic E-state index is 14.5. The highest BCUT2D eigenvalue weighted by atomic mass is 16.4. The van der Waals surface area contributed by atoms with Gasteiger partial charge in [-0.2, -0.15) is 0 Å². The molecule has 0 unspecified atom stereocenters. The highest BCUT2D eigenvalue weighted by Gasteiger charge is 2.39. The maximum Gasteiger partial charge on any atom is 0.326 e. The molecule has 1 aliphatic rings. The van der Waals surface area contributed by atoms with Gasteiger partial charge in [0.05, 0.1) is 19.8 Å². The SMILES string of the molecule is CC(C)C[C@H](NC(=O)[C@H](CCCCN)NC(=O)[C@H](CO)NC(=O)[C@H](CCCNC(=N)N)NC(=O)CNC(=O)[C@@H]1CCCN1C(=O)[C@H](CCCCN)NC(=O)[C@H](Cc1ccc(O)cc1)NC(=O)[C@H](CCCNC(=N)N)NC(=O)[C@@H](N)CO)C(=O)O. The van der Waals surface area contributed by atoms with Gasteiger partial charge in [0.2, 0.25) is 53.2 Å². The van der Waals surface area contributed by atoms with Gasteiger partial charge in [-0.15, -0.1) is 0 Å². The van der Waals surface area contributed by atoms with E-state index in [0.29, 0.717) is 37.7 Å². The van der Waals surface area contributed by atoms with Crippen LogP contribution in [-0.4, -0.2) is 203 Å². The topological polar surface area (TPSA) is 553 Å². The molecule has 0 radical (unpaired) electrons. The zero-order valence-electron chi connectivity index (χ0n) is 47.8. The van der Waals surface area contributed by atoms with Gasteiger partial charge in [-0.3, -0.25) is 54.0 Å². The molecule has 0 aliphatic carbocycles. The summed E-state index contributed by atoms with van der Waals surface area (Å²) in [6.45, 7) is 1.87. The molecule has 0 aromatic heterocycles. The number of likely N-dealkylation sites (tertiary alicyclic amines) is 1. The summed E-state index contributed by atoms with van der Waals surface area (Å²) in [5.41, 5.74) is 28.4. The number of nitrogens with one attached hydrogen (secondary N) is 12.